The Bertz CT molecular complexity index is 1460. The van der Waals surface area contributed by atoms with E-state index in [1.807, 2.05) is 0 Å². The van der Waals surface area contributed by atoms with Crippen molar-refractivity contribution in [2.75, 3.05) is 50.0 Å². The van der Waals surface area contributed by atoms with Crippen LogP contribution in [0.25, 0.3) is 21.6 Å². The molecule has 1 aliphatic rings. The number of carbonyl (C=O) groups is 2. The lowest BCUT2D eigenvalue weighted by Crippen LogP contribution is -2.41. The molecule has 0 atom stereocenters. The van der Waals surface area contributed by atoms with Gasteiger partial charge in [0.25, 0.3) is 0 Å². The van der Waals surface area contributed by atoms with E-state index in [1.54, 1.807) is 30.5 Å². The first-order valence-electron chi connectivity index (χ1n) is 11.5. The molecule has 198 valence electrons. The van der Waals surface area contributed by atoms with Crippen LogP contribution in [0, 0.1) is 0 Å². The van der Waals surface area contributed by atoms with Crippen LogP contribution in [0.1, 0.15) is 0 Å². The van der Waals surface area contributed by atoms with Crippen LogP contribution < -0.4 is 20.7 Å². The monoisotopic (exact) mass is 576 g/mol. The maximum atomic E-state index is 12.5. The predicted molar refractivity (Wildman–Crippen MR) is 145 cm³/mol. The van der Waals surface area contributed by atoms with Crippen molar-refractivity contribution in [2.45, 2.75) is 0 Å². The van der Waals surface area contributed by atoms with E-state index in [0.717, 1.165) is 13.1 Å². The van der Waals surface area contributed by atoms with Crippen LogP contribution in [0.3, 0.4) is 0 Å². The van der Waals surface area contributed by atoms with Gasteiger partial charge in [0.05, 0.1) is 45.4 Å². The summed E-state index contributed by atoms with van der Waals surface area (Å²) in [6, 6.07) is 5.89. The van der Waals surface area contributed by atoms with Crippen molar-refractivity contribution in [2.24, 2.45) is 0 Å². The molecule has 0 spiro atoms. The van der Waals surface area contributed by atoms with E-state index in [1.165, 1.54) is 17.5 Å². The third-order valence-electron chi connectivity index (χ3n) is 5.54. The number of nitrogens with zero attached hydrogens (tertiary/aromatic N) is 4. The fourth-order valence-electron chi connectivity index (χ4n) is 3.67. The standard InChI is InChI=1S/C23H22Cl2N8O4S/c24-15-2-1-13(9-16(15)25)29-21(34)31-22-27-12-19(38-22)17-10-18(14-11-28-32-20(14)30-17)37-23(35)26-3-4-33-5-7-36-8-6-33/h1-2,9-12H,3-8H2,(H,26,35)(H,28,30,32)(H2,27,29,31,34). The van der Waals surface area contributed by atoms with Crippen molar-refractivity contribution in [3.63, 3.8) is 0 Å². The number of rotatable bonds is 7. The van der Waals surface area contributed by atoms with Gasteiger partial charge in [-0.3, -0.25) is 15.3 Å². The summed E-state index contributed by atoms with van der Waals surface area (Å²) < 4.78 is 10.9. The van der Waals surface area contributed by atoms with Crippen LogP contribution >= 0.6 is 34.5 Å². The minimum Gasteiger partial charge on any atom is -0.409 e. The molecular formula is C23H22Cl2N8O4S. The number of pyridine rings is 1. The van der Waals surface area contributed by atoms with Gasteiger partial charge in [-0.15, -0.1) is 0 Å². The summed E-state index contributed by atoms with van der Waals surface area (Å²) in [5.74, 6) is 0.294. The molecule has 38 heavy (non-hydrogen) atoms. The molecule has 4 N–H and O–H groups in total. The topological polar surface area (TPSA) is 146 Å². The van der Waals surface area contributed by atoms with E-state index >= 15 is 0 Å². The number of hydrogen-bond acceptors (Lipinski definition) is 9. The molecule has 1 saturated heterocycles. The minimum atomic E-state index is -0.580. The van der Waals surface area contributed by atoms with Crippen molar-refractivity contribution in [3.05, 3.63) is 46.7 Å². The zero-order valence-electron chi connectivity index (χ0n) is 19.8. The number of halogens is 2. The number of fused-ring (bicyclic) bond motifs is 1. The molecule has 5 rings (SSSR count). The maximum absolute atomic E-state index is 12.5. The first kappa shape index (κ1) is 26.1. The molecule has 4 aromatic rings. The number of benzene rings is 1. The molecule has 0 unspecified atom stereocenters. The van der Waals surface area contributed by atoms with Crippen LogP contribution in [0.2, 0.25) is 10.0 Å². The fourth-order valence-corrected chi connectivity index (χ4v) is 4.74. The van der Waals surface area contributed by atoms with E-state index in [-0.39, 0.29) is 0 Å². The number of hydrogen-bond donors (Lipinski definition) is 4. The summed E-state index contributed by atoms with van der Waals surface area (Å²) in [6.45, 7) is 4.21. The molecule has 1 aliphatic heterocycles. The Morgan fingerprint density at radius 3 is 2.79 bits per heavy atom. The number of ether oxygens (including phenoxy) is 2. The number of carbonyl (C=O) groups excluding carboxylic acids is 2. The van der Waals surface area contributed by atoms with Crippen LogP contribution in [0.5, 0.6) is 5.75 Å². The van der Waals surface area contributed by atoms with Gasteiger partial charge in [-0.25, -0.2) is 19.6 Å². The second kappa shape index (κ2) is 11.9. The van der Waals surface area contributed by atoms with Crippen molar-refractivity contribution < 1.29 is 19.1 Å². The van der Waals surface area contributed by atoms with Crippen molar-refractivity contribution in [3.8, 4) is 16.3 Å². The molecule has 3 amide bonds. The van der Waals surface area contributed by atoms with E-state index in [2.05, 4.69) is 41.0 Å². The fraction of sp³-hybridized carbons (Fsp3) is 0.261. The normalized spacial score (nSPS) is 13.8. The van der Waals surface area contributed by atoms with E-state index in [4.69, 9.17) is 32.7 Å². The lowest BCUT2D eigenvalue weighted by atomic mass is 10.2. The average Bonchev–Trinajstić information content (AvgIpc) is 3.57. The Balaban J connectivity index is 1.23. The third-order valence-corrected chi connectivity index (χ3v) is 7.22. The molecule has 0 bridgehead atoms. The number of H-pyrrole nitrogens is 1. The van der Waals surface area contributed by atoms with E-state index < -0.39 is 12.1 Å². The van der Waals surface area contributed by atoms with Gasteiger partial charge in [0.1, 0.15) is 5.75 Å². The molecule has 0 aliphatic carbocycles. The highest BCUT2D eigenvalue weighted by Crippen LogP contribution is 2.33. The largest absolute Gasteiger partial charge is 0.412 e. The van der Waals surface area contributed by atoms with E-state index in [9.17, 15) is 9.59 Å². The maximum Gasteiger partial charge on any atom is 0.412 e. The molecule has 4 heterocycles. The highest BCUT2D eigenvalue weighted by Gasteiger charge is 2.17. The molecule has 3 aromatic heterocycles. The molecule has 0 saturated carbocycles. The number of amides is 3. The first-order valence-corrected chi connectivity index (χ1v) is 13.1. The first-order chi connectivity index (χ1) is 18.4. The van der Waals surface area contributed by atoms with Crippen LogP contribution in [-0.2, 0) is 4.74 Å². The molecule has 12 nitrogen and oxygen atoms in total. The zero-order chi connectivity index (χ0) is 26.5. The second-order valence-electron chi connectivity index (χ2n) is 8.15. The Morgan fingerprint density at radius 2 is 1.97 bits per heavy atom. The lowest BCUT2D eigenvalue weighted by Gasteiger charge is -2.26. The summed E-state index contributed by atoms with van der Waals surface area (Å²) in [5, 5.41) is 16.5. The third kappa shape index (κ3) is 6.49. The van der Waals surface area contributed by atoms with Gasteiger partial charge < -0.3 is 20.1 Å². The summed E-state index contributed by atoms with van der Waals surface area (Å²) in [5.41, 5.74) is 1.41. The molecule has 0 radical (unpaired) electrons. The summed E-state index contributed by atoms with van der Waals surface area (Å²) in [6.07, 6.45) is 2.52. The number of morpholine rings is 1. The Labute approximate surface area is 230 Å². The van der Waals surface area contributed by atoms with Crippen molar-refractivity contribution in [1.82, 2.24) is 30.4 Å². The molecule has 1 fully saturated rings. The van der Waals surface area contributed by atoms with Gasteiger partial charge in [-0.2, -0.15) is 5.10 Å². The Hall–Kier alpha value is -3.49. The number of nitrogens with one attached hydrogen (secondary N) is 4. The highest BCUT2D eigenvalue weighted by atomic mass is 35.5. The van der Waals surface area contributed by atoms with Crippen LogP contribution in [0.4, 0.5) is 20.4 Å². The zero-order valence-corrected chi connectivity index (χ0v) is 22.1. The van der Waals surface area contributed by atoms with Gasteiger partial charge in [-0.1, -0.05) is 34.5 Å². The van der Waals surface area contributed by atoms with Crippen LogP contribution in [-0.4, -0.2) is 76.6 Å². The molecule has 1 aromatic carbocycles. The summed E-state index contributed by atoms with van der Waals surface area (Å²) >= 11 is 13.1. The van der Waals surface area contributed by atoms with Gasteiger partial charge in [0.15, 0.2) is 10.8 Å². The molecule has 15 heteroatoms. The summed E-state index contributed by atoms with van der Waals surface area (Å²) in [7, 11) is 0. The number of aromatic amines is 1. The second-order valence-corrected chi connectivity index (χ2v) is 9.99. The quantitative estimate of drug-likeness (QED) is 0.252. The number of aromatic nitrogens is 4. The molecular weight excluding hydrogens is 555 g/mol. The number of anilines is 2. The van der Waals surface area contributed by atoms with Gasteiger partial charge in [-0.05, 0) is 18.2 Å². The summed E-state index contributed by atoms with van der Waals surface area (Å²) in [4.78, 5) is 36.5. The highest BCUT2D eigenvalue weighted by molar-refractivity contribution is 7.19. The predicted octanol–water partition coefficient (Wildman–Crippen LogP) is 4.45. The average molecular weight is 577 g/mol. The lowest BCUT2D eigenvalue weighted by molar-refractivity contribution is 0.0385. The van der Waals surface area contributed by atoms with E-state index in [0.29, 0.717) is 74.5 Å². The smallest absolute Gasteiger partial charge is 0.409 e. The van der Waals surface area contributed by atoms with Gasteiger partial charge >= 0.3 is 12.1 Å². The Morgan fingerprint density at radius 1 is 1.13 bits per heavy atom. The van der Waals surface area contributed by atoms with Crippen molar-refractivity contribution >= 4 is 68.5 Å². The van der Waals surface area contributed by atoms with Gasteiger partial charge in [0, 0.05) is 44.1 Å². The van der Waals surface area contributed by atoms with Gasteiger partial charge in [0.2, 0.25) is 0 Å². The van der Waals surface area contributed by atoms with Crippen molar-refractivity contribution in [1.29, 1.82) is 0 Å². The Kier molecular flexibility index (Phi) is 8.20. The number of urea groups is 1. The number of thiazole rings is 1. The van der Waals surface area contributed by atoms with Crippen LogP contribution in [0.15, 0.2) is 36.7 Å². The SMILES string of the molecule is O=C(Nc1ccc(Cl)c(Cl)c1)Nc1ncc(-c2cc(OC(=O)NCCN3CCOCC3)c3cn[nH]c3n2)s1. The minimum absolute atomic E-state index is 0.294.